The van der Waals surface area contributed by atoms with Gasteiger partial charge in [0, 0.05) is 7.11 Å². The van der Waals surface area contributed by atoms with Crippen LogP contribution >= 0.6 is 0 Å². The molecule has 0 radical (unpaired) electrons. The Morgan fingerprint density at radius 2 is 2.16 bits per heavy atom. The van der Waals surface area contributed by atoms with Crippen LogP contribution in [0.3, 0.4) is 0 Å². The molecule has 0 unspecified atom stereocenters. The summed E-state index contributed by atoms with van der Waals surface area (Å²) < 4.78 is 45.8. The molecule has 10 heteroatoms. The van der Waals surface area contributed by atoms with Gasteiger partial charge in [0.05, 0.1) is 25.5 Å². The van der Waals surface area contributed by atoms with Gasteiger partial charge in [-0.2, -0.15) is 13.2 Å². The second kappa shape index (κ2) is 6.48. The number of carboxylic acid groups (broad SMARTS) is 1. The van der Waals surface area contributed by atoms with Crippen molar-refractivity contribution in [3.63, 3.8) is 0 Å². The maximum Gasteiger partial charge on any atom is 0.411 e. The highest BCUT2D eigenvalue weighted by Crippen LogP contribution is 2.14. The highest BCUT2D eigenvalue weighted by molar-refractivity contribution is 5.86. The van der Waals surface area contributed by atoms with Crippen LogP contribution in [0.1, 0.15) is 16.2 Å². The fourth-order valence-electron chi connectivity index (χ4n) is 1.30. The van der Waals surface area contributed by atoms with Crippen molar-refractivity contribution < 1.29 is 32.5 Å². The number of halogens is 3. The third-order valence-electron chi connectivity index (χ3n) is 2.03. The molecule has 0 bridgehead atoms. The Labute approximate surface area is 105 Å². The van der Waals surface area contributed by atoms with Gasteiger partial charge in [0.1, 0.15) is 6.61 Å². The van der Waals surface area contributed by atoms with Crippen LogP contribution in [-0.2, 0) is 22.6 Å². The van der Waals surface area contributed by atoms with E-state index in [1.54, 1.807) is 0 Å². The van der Waals surface area contributed by atoms with Crippen molar-refractivity contribution in [3.05, 3.63) is 11.4 Å². The van der Waals surface area contributed by atoms with Gasteiger partial charge in [-0.25, -0.2) is 9.48 Å². The van der Waals surface area contributed by atoms with Crippen LogP contribution in [0.5, 0.6) is 0 Å². The average molecular weight is 283 g/mol. The van der Waals surface area contributed by atoms with Crippen molar-refractivity contribution in [2.75, 3.05) is 20.3 Å². The molecule has 0 amide bonds. The first kappa shape index (κ1) is 15.4. The minimum absolute atomic E-state index is 0.0466. The average Bonchev–Trinajstić information content (AvgIpc) is 2.67. The van der Waals surface area contributed by atoms with Crippen LogP contribution in [0, 0.1) is 0 Å². The van der Waals surface area contributed by atoms with Gasteiger partial charge in [0.25, 0.3) is 0 Å². The zero-order valence-corrected chi connectivity index (χ0v) is 9.98. The lowest BCUT2D eigenvalue weighted by Crippen LogP contribution is -2.20. The summed E-state index contributed by atoms with van der Waals surface area (Å²) in [5.41, 5.74) is -0.122. The molecule has 1 heterocycles. The second-order valence-electron chi connectivity index (χ2n) is 3.51. The first-order valence-electron chi connectivity index (χ1n) is 5.14. The van der Waals surface area contributed by atoms with Crippen LogP contribution in [0.4, 0.5) is 13.2 Å². The Morgan fingerprint density at radius 1 is 1.47 bits per heavy atom. The van der Waals surface area contributed by atoms with E-state index in [9.17, 15) is 18.0 Å². The van der Waals surface area contributed by atoms with Crippen LogP contribution in [0.15, 0.2) is 0 Å². The zero-order valence-electron chi connectivity index (χ0n) is 9.98. The summed E-state index contributed by atoms with van der Waals surface area (Å²) in [6.45, 7) is -1.74. The number of ether oxygens (including phenoxy) is 2. The summed E-state index contributed by atoms with van der Waals surface area (Å²) in [6.07, 6.45) is -4.40. The van der Waals surface area contributed by atoms with Gasteiger partial charge >= 0.3 is 12.1 Å². The van der Waals surface area contributed by atoms with Crippen LogP contribution in [-0.4, -0.2) is 52.6 Å². The highest BCUT2D eigenvalue weighted by atomic mass is 19.4. The van der Waals surface area contributed by atoms with Gasteiger partial charge in [0.15, 0.2) is 5.69 Å². The molecule has 0 aliphatic rings. The van der Waals surface area contributed by atoms with Gasteiger partial charge in [-0.05, 0) is 0 Å². The van der Waals surface area contributed by atoms with E-state index in [1.165, 1.54) is 7.11 Å². The summed E-state index contributed by atoms with van der Waals surface area (Å²) in [7, 11) is 1.35. The van der Waals surface area contributed by atoms with Crippen molar-refractivity contribution in [2.45, 2.75) is 19.3 Å². The van der Waals surface area contributed by atoms with Gasteiger partial charge < -0.3 is 14.6 Å². The Balaban J connectivity index is 2.60. The molecular formula is C9H12F3N3O4. The van der Waals surface area contributed by atoms with E-state index in [1.807, 2.05) is 0 Å². The molecule has 0 saturated carbocycles. The maximum atomic E-state index is 11.8. The fraction of sp³-hybridized carbons (Fsp3) is 0.667. The monoisotopic (exact) mass is 283 g/mol. The smallest absolute Gasteiger partial charge is 0.411 e. The van der Waals surface area contributed by atoms with E-state index in [0.717, 1.165) is 4.68 Å². The van der Waals surface area contributed by atoms with Crippen LogP contribution in [0.2, 0.25) is 0 Å². The Hall–Kier alpha value is -1.68. The Bertz CT molecular complexity index is 433. The Morgan fingerprint density at radius 3 is 2.68 bits per heavy atom. The molecular weight excluding hydrogens is 271 g/mol. The number of alkyl halides is 3. The first-order chi connectivity index (χ1) is 8.85. The highest BCUT2D eigenvalue weighted by Gasteiger charge is 2.27. The quantitative estimate of drug-likeness (QED) is 0.741. The minimum atomic E-state index is -4.40. The van der Waals surface area contributed by atoms with E-state index in [4.69, 9.17) is 9.84 Å². The van der Waals surface area contributed by atoms with E-state index in [0.29, 0.717) is 0 Å². The third kappa shape index (κ3) is 4.83. The predicted molar refractivity (Wildman–Crippen MR) is 54.6 cm³/mol. The number of hydrogen-bond acceptors (Lipinski definition) is 5. The van der Waals surface area contributed by atoms with Crippen molar-refractivity contribution in [3.8, 4) is 0 Å². The number of carbonyl (C=O) groups is 1. The minimum Gasteiger partial charge on any atom is -0.476 e. The maximum absolute atomic E-state index is 11.8. The molecule has 0 aromatic carbocycles. The molecule has 0 atom stereocenters. The predicted octanol–water partition coefficient (Wildman–Crippen LogP) is 0.702. The lowest BCUT2D eigenvalue weighted by Gasteiger charge is -2.09. The molecule has 1 aromatic rings. The zero-order chi connectivity index (χ0) is 14.5. The van der Waals surface area contributed by atoms with Gasteiger partial charge in [0.2, 0.25) is 0 Å². The SMILES string of the molecule is COCc1c(C(=O)O)nnn1CCOCC(F)(F)F. The number of methoxy groups -OCH3 is 1. The lowest BCUT2D eigenvalue weighted by atomic mass is 10.3. The third-order valence-corrected chi connectivity index (χ3v) is 2.03. The standard InChI is InChI=1S/C9H12F3N3O4/c1-18-4-6-7(8(16)17)13-14-15(6)2-3-19-5-9(10,11)12/h2-5H2,1H3,(H,16,17). The molecule has 7 nitrogen and oxygen atoms in total. The topological polar surface area (TPSA) is 86.5 Å². The molecule has 0 spiro atoms. The summed E-state index contributed by atoms with van der Waals surface area (Å²) in [6, 6.07) is 0. The van der Waals surface area contributed by atoms with Crippen molar-refractivity contribution >= 4 is 5.97 Å². The first-order valence-corrected chi connectivity index (χ1v) is 5.14. The summed E-state index contributed by atoms with van der Waals surface area (Å²) in [5, 5.41) is 15.8. The normalized spacial score (nSPS) is 11.8. The summed E-state index contributed by atoms with van der Waals surface area (Å²) in [5.74, 6) is -1.28. The lowest BCUT2D eigenvalue weighted by molar-refractivity contribution is -0.174. The van der Waals surface area contributed by atoms with Gasteiger partial charge in [-0.1, -0.05) is 5.21 Å². The molecule has 108 valence electrons. The van der Waals surface area contributed by atoms with Crippen molar-refractivity contribution in [2.24, 2.45) is 0 Å². The van der Waals surface area contributed by atoms with E-state index in [-0.39, 0.29) is 31.1 Å². The molecule has 0 saturated heterocycles. The molecule has 0 fully saturated rings. The fourth-order valence-corrected chi connectivity index (χ4v) is 1.30. The van der Waals surface area contributed by atoms with E-state index >= 15 is 0 Å². The van der Waals surface area contributed by atoms with Crippen molar-refractivity contribution in [1.82, 2.24) is 15.0 Å². The molecule has 0 aliphatic carbocycles. The number of nitrogens with zero attached hydrogens (tertiary/aromatic N) is 3. The largest absolute Gasteiger partial charge is 0.476 e. The van der Waals surface area contributed by atoms with Crippen LogP contribution in [0.25, 0.3) is 0 Å². The molecule has 0 aliphatic heterocycles. The number of hydrogen-bond donors (Lipinski definition) is 1. The van der Waals surface area contributed by atoms with E-state index < -0.39 is 18.8 Å². The second-order valence-corrected chi connectivity index (χ2v) is 3.51. The summed E-state index contributed by atoms with van der Waals surface area (Å²) >= 11 is 0. The number of aromatic nitrogens is 3. The van der Waals surface area contributed by atoms with Gasteiger partial charge in [-0.3, -0.25) is 0 Å². The molecule has 1 N–H and O–H groups in total. The van der Waals surface area contributed by atoms with Crippen molar-refractivity contribution in [1.29, 1.82) is 0 Å². The van der Waals surface area contributed by atoms with Gasteiger partial charge in [-0.15, -0.1) is 5.10 Å². The summed E-state index contributed by atoms with van der Waals surface area (Å²) in [4.78, 5) is 10.8. The number of carboxylic acids is 1. The Kier molecular flexibility index (Phi) is 5.24. The van der Waals surface area contributed by atoms with E-state index in [2.05, 4.69) is 15.0 Å². The van der Waals surface area contributed by atoms with Crippen LogP contribution < -0.4 is 0 Å². The molecule has 19 heavy (non-hydrogen) atoms. The number of aromatic carboxylic acids is 1. The molecule has 1 aromatic heterocycles. The molecule has 1 rings (SSSR count). The number of rotatable bonds is 7.